The predicted molar refractivity (Wildman–Crippen MR) is 170 cm³/mol. The van der Waals surface area contributed by atoms with Crippen molar-refractivity contribution >= 4 is 23.7 Å². The summed E-state index contributed by atoms with van der Waals surface area (Å²) in [6.07, 6.45) is 4.64. The van der Waals surface area contributed by atoms with Crippen molar-refractivity contribution in [3.63, 3.8) is 0 Å². The molecule has 43 heavy (non-hydrogen) atoms. The number of carbonyl (C=O) groups is 4. The van der Waals surface area contributed by atoms with E-state index in [0.717, 1.165) is 31.4 Å². The summed E-state index contributed by atoms with van der Waals surface area (Å²) < 4.78 is 5.13. The quantitative estimate of drug-likeness (QED) is 0.252. The molecule has 0 saturated carbocycles. The van der Waals surface area contributed by atoms with Crippen LogP contribution in [0.2, 0.25) is 0 Å². The topological polar surface area (TPSA) is 99.3 Å². The van der Waals surface area contributed by atoms with Gasteiger partial charge in [-0.25, -0.2) is 0 Å². The Bertz CT molecular complexity index is 1100. The molecule has 3 atom stereocenters. The normalized spacial score (nSPS) is 17.5. The van der Waals surface area contributed by atoms with Crippen LogP contribution in [0.3, 0.4) is 0 Å². The fraction of sp³-hybridized carbons (Fsp3) is 0.647. The molecule has 0 bridgehead atoms. The second kappa shape index (κ2) is 17.2. The molecule has 1 aliphatic heterocycles. The molecule has 3 amide bonds. The van der Waals surface area contributed by atoms with Gasteiger partial charge in [-0.2, -0.15) is 0 Å². The van der Waals surface area contributed by atoms with E-state index >= 15 is 0 Å². The van der Waals surface area contributed by atoms with Crippen LogP contribution in [-0.2, 0) is 30.5 Å². The standard InChI is InChI=1S/C34H54N4O5/c1-10-43-30(39)22-37(21-27-16-12-11-13-17-27)33(41)26(8)20-29(23(2)3)36(9)34(42)31(24(4)5)35-32(40)28-18-14-15-19-38(28)25(6)7/h11-13,16-17,20,23-25,28-29,31H,10,14-15,18-19,21-22H2,1-9H3,(H,35,40)/b26-20+/t28-,29-,31?/m1/s1. The monoisotopic (exact) mass is 598 g/mol. The molecule has 240 valence electrons. The van der Waals surface area contributed by atoms with E-state index in [2.05, 4.69) is 24.1 Å². The number of likely N-dealkylation sites (tertiary alicyclic amines) is 1. The number of hydrogen-bond acceptors (Lipinski definition) is 6. The Hall–Kier alpha value is -3.20. The van der Waals surface area contributed by atoms with Crippen molar-refractivity contribution in [1.82, 2.24) is 20.0 Å². The van der Waals surface area contributed by atoms with Gasteiger partial charge in [-0.15, -0.1) is 0 Å². The SMILES string of the molecule is CCOC(=O)CN(Cc1ccccc1)C(=O)/C(C)=C/[C@H](C(C)C)N(C)C(=O)C(NC(=O)[C@H]1CCCCN1C(C)C)C(C)C. The Morgan fingerprint density at radius 3 is 2.23 bits per heavy atom. The van der Waals surface area contributed by atoms with E-state index in [-0.39, 0.29) is 61.3 Å². The molecule has 1 unspecified atom stereocenters. The molecular formula is C34H54N4O5. The van der Waals surface area contributed by atoms with Gasteiger partial charge < -0.3 is 19.9 Å². The first-order chi connectivity index (χ1) is 20.3. The smallest absolute Gasteiger partial charge is 0.325 e. The molecule has 1 aromatic rings. The van der Waals surface area contributed by atoms with Gasteiger partial charge in [0.1, 0.15) is 12.6 Å². The highest BCUT2D eigenvalue weighted by atomic mass is 16.5. The number of hydrogen-bond donors (Lipinski definition) is 1. The maximum atomic E-state index is 13.9. The number of rotatable bonds is 14. The zero-order valence-electron chi connectivity index (χ0n) is 27.8. The Kier molecular flexibility index (Phi) is 14.4. The summed E-state index contributed by atoms with van der Waals surface area (Å²) in [7, 11) is 1.73. The van der Waals surface area contributed by atoms with E-state index in [1.165, 1.54) is 4.90 Å². The summed E-state index contributed by atoms with van der Waals surface area (Å²) in [5, 5.41) is 3.08. The van der Waals surface area contributed by atoms with Crippen LogP contribution in [0.4, 0.5) is 0 Å². The fourth-order valence-electron chi connectivity index (χ4n) is 5.68. The lowest BCUT2D eigenvalue weighted by Gasteiger charge is -2.39. The summed E-state index contributed by atoms with van der Waals surface area (Å²) in [4.78, 5) is 58.8. The largest absolute Gasteiger partial charge is 0.465 e. The van der Waals surface area contributed by atoms with Gasteiger partial charge in [0.25, 0.3) is 0 Å². The fourth-order valence-corrected chi connectivity index (χ4v) is 5.68. The average molecular weight is 599 g/mol. The maximum Gasteiger partial charge on any atom is 0.325 e. The van der Waals surface area contributed by atoms with Gasteiger partial charge >= 0.3 is 5.97 Å². The Balaban J connectivity index is 2.28. The molecule has 1 heterocycles. The van der Waals surface area contributed by atoms with Crippen LogP contribution in [-0.4, -0.2) is 89.3 Å². The number of likely N-dealkylation sites (N-methyl/N-ethyl adjacent to an activating group) is 1. The molecule has 9 nitrogen and oxygen atoms in total. The van der Waals surface area contributed by atoms with Crippen LogP contribution < -0.4 is 5.32 Å². The summed E-state index contributed by atoms with van der Waals surface area (Å²) in [6.45, 7) is 16.7. The van der Waals surface area contributed by atoms with E-state index in [0.29, 0.717) is 5.57 Å². The summed E-state index contributed by atoms with van der Waals surface area (Å²) in [5.74, 6) is -1.21. The number of benzene rings is 1. The van der Waals surface area contributed by atoms with Crippen molar-refractivity contribution in [2.24, 2.45) is 11.8 Å². The van der Waals surface area contributed by atoms with Crippen LogP contribution in [0.15, 0.2) is 42.0 Å². The van der Waals surface area contributed by atoms with Crippen LogP contribution in [0.1, 0.15) is 80.2 Å². The highest BCUT2D eigenvalue weighted by Gasteiger charge is 2.36. The van der Waals surface area contributed by atoms with Crippen molar-refractivity contribution in [3.8, 4) is 0 Å². The minimum Gasteiger partial charge on any atom is -0.465 e. The third-order valence-corrected chi connectivity index (χ3v) is 8.11. The summed E-state index contributed by atoms with van der Waals surface area (Å²) >= 11 is 0. The Labute approximate surface area is 259 Å². The molecule has 1 fully saturated rings. The average Bonchev–Trinajstić information content (AvgIpc) is 2.97. The van der Waals surface area contributed by atoms with Crippen molar-refractivity contribution in [2.45, 2.75) is 105 Å². The van der Waals surface area contributed by atoms with Crippen molar-refractivity contribution in [1.29, 1.82) is 0 Å². The third-order valence-electron chi connectivity index (χ3n) is 8.11. The van der Waals surface area contributed by atoms with Gasteiger partial charge in [0.05, 0.1) is 18.7 Å². The number of ether oxygens (including phenoxy) is 1. The first kappa shape index (κ1) is 36.0. The van der Waals surface area contributed by atoms with Gasteiger partial charge in [0.2, 0.25) is 17.7 Å². The molecule has 2 rings (SSSR count). The Morgan fingerprint density at radius 2 is 1.67 bits per heavy atom. The maximum absolute atomic E-state index is 13.9. The van der Waals surface area contributed by atoms with Crippen molar-refractivity contribution in [3.05, 3.63) is 47.5 Å². The number of nitrogens with zero attached hydrogens (tertiary/aromatic N) is 3. The highest BCUT2D eigenvalue weighted by molar-refractivity contribution is 5.95. The zero-order chi connectivity index (χ0) is 32.3. The molecule has 9 heteroatoms. The van der Waals surface area contributed by atoms with E-state index in [1.54, 1.807) is 31.9 Å². The van der Waals surface area contributed by atoms with Crippen molar-refractivity contribution < 1.29 is 23.9 Å². The van der Waals surface area contributed by atoms with Gasteiger partial charge in [-0.3, -0.25) is 24.1 Å². The van der Waals surface area contributed by atoms with Crippen LogP contribution in [0.5, 0.6) is 0 Å². The second-order valence-corrected chi connectivity index (χ2v) is 12.6. The Morgan fingerprint density at radius 1 is 1.02 bits per heavy atom. The van der Waals surface area contributed by atoms with Crippen LogP contribution >= 0.6 is 0 Å². The molecule has 1 saturated heterocycles. The molecule has 1 aliphatic rings. The predicted octanol–water partition coefficient (Wildman–Crippen LogP) is 4.41. The number of nitrogens with one attached hydrogen (secondary N) is 1. The molecule has 0 radical (unpaired) electrons. The highest BCUT2D eigenvalue weighted by Crippen LogP contribution is 2.22. The van der Waals surface area contributed by atoms with E-state index in [4.69, 9.17) is 4.74 Å². The minimum absolute atomic E-state index is 0.0115. The number of amides is 3. The van der Waals surface area contributed by atoms with E-state index in [9.17, 15) is 19.2 Å². The van der Waals surface area contributed by atoms with Gasteiger partial charge in [-0.05, 0) is 64.5 Å². The second-order valence-electron chi connectivity index (χ2n) is 12.6. The van der Waals surface area contributed by atoms with E-state index in [1.807, 2.05) is 58.0 Å². The number of piperidine rings is 1. The third kappa shape index (κ3) is 10.5. The molecule has 0 aliphatic carbocycles. The van der Waals surface area contributed by atoms with Crippen LogP contribution in [0, 0.1) is 11.8 Å². The van der Waals surface area contributed by atoms with Gasteiger partial charge in [0.15, 0.2) is 0 Å². The number of carbonyl (C=O) groups excluding carboxylic acids is 4. The molecule has 0 aromatic heterocycles. The molecule has 1 aromatic carbocycles. The first-order valence-corrected chi connectivity index (χ1v) is 15.8. The number of esters is 1. The van der Waals surface area contributed by atoms with E-state index < -0.39 is 18.1 Å². The summed E-state index contributed by atoms with van der Waals surface area (Å²) in [6, 6.07) is 8.38. The molecular weight excluding hydrogens is 544 g/mol. The first-order valence-electron chi connectivity index (χ1n) is 15.8. The molecule has 1 N–H and O–H groups in total. The van der Waals surface area contributed by atoms with Crippen LogP contribution in [0.25, 0.3) is 0 Å². The minimum atomic E-state index is -0.697. The molecule has 0 spiro atoms. The lowest BCUT2D eigenvalue weighted by Crippen LogP contribution is -2.58. The van der Waals surface area contributed by atoms with Gasteiger partial charge in [0, 0.05) is 25.2 Å². The zero-order valence-corrected chi connectivity index (χ0v) is 27.8. The summed E-state index contributed by atoms with van der Waals surface area (Å²) in [5.41, 5.74) is 1.32. The van der Waals surface area contributed by atoms with Gasteiger partial charge in [-0.1, -0.05) is 70.5 Å². The lowest BCUT2D eigenvalue weighted by molar-refractivity contribution is -0.148. The lowest BCUT2D eigenvalue weighted by atomic mass is 9.95. The van der Waals surface area contributed by atoms with Crippen molar-refractivity contribution in [2.75, 3.05) is 26.7 Å².